The Morgan fingerprint density at radius 2 is 1.92 bits per heavy atom. The number of aliphatic carboxylic acids is 1. The summed E-state index contributed by atoms with van der Waals surface area (Å²) in [6.07, 6.45) is 0.833. The summed E-state index contributed by atoms with van der Waals surface area (Å²) >= 11 is 0. The molecule has 0 heterocycles. The van der Waals surface area contributed by atoms with E-state index in [0.29, 0.717) is 0 Å². The standard InChI is InChI=1S/C3H4O2.C2H7NO3S/c1-2-3(4)5;3-1-2-7(4,5)6/h2H,1H2,(H,4,5);1-3H2,(H,4,5,6). The molecule has 0 radical (unpaired) electrons. The van der Waals surface area contributed by atoms with Gasteiger partial charge in [-0.25, -0.2) is 4.79 Å². The molecule has 0 aromatic heterocycles. The van der Waals surface area contributed by atoms with E-state index in [1.54, 1.807) is 0 Å². The van der Waals surface area contributed by atoms with Gasteiger partial charge in [-0.2, -0.15) is 8.42 Å². The van der Waals surface area contributed by atoms with Crippen molar-refractivity contribution in [3.63, 3.8) is 0 Å². The quantitative estimate of drug-likeness (QED) is 0.398. The molecule has 0 aliphatic carbocycles. The predicted octanol–water partition coefficient (Wildman–Crippen LogP) is -0.910. The van der Waals surface area contributed by atoms with E-state index in [4.69, 9.17) is 15.4 Å². The van der Waals surface area contributed by atoms with Crippen molar-refractivity contribution in [2.24, 2.45) is 5.73 Å². The van der Waals surface area contributed by atoms with Crippen molar-refractivity contribution in [2.45, 2.75) is 0 Å². The summed E-state index contributed by atoms with van der Waals surface area (Å²) in [4.78, 5) is 9.25. The molecule has 0 aromatic carbocycles. The number of carboxylic acids is 1. The largest absolute Gasteiger partial charge is 0.478 e. The van der Waals surface area contributed by atoms with E-state index in [1.165, 1.54) is 0 Å². The van der Waals surface area contributed by atoms with Crippen molar-refractivity contribution in [1.82, 2.24) is 0 Å². The van der Waals surface area contributed by atoms with Gasteiger partial charge >= 0.3 is 5.97 Å². The average Bonchev–Trinajstić information content (AvgIpc) is 1.86. The highest BCUT2D eigenvalue weighted by Crippen LogP contribution is 1.74. The highest BCUT2D eigenvalue weighted by atomic mass is 32.2. The number of rotatable bonds is 3. The van der Waals surface area contributed by atoms with Crippen LogP contribution in [0.25, 0.3) is 0 Å². The summed E-state index contributed by atoms with van der Waals surface area (Å²) in [5, 5.41) is 7.60. The fourth-order valence-corrected chi connectivity index (χ4v) is 0.447. The van der Waals surface area contributed by atoms with Crippen molar-refractivity contribution in [3.8, 4) is 0 Å². The van der Waals surface area contributed by atoms with Crippen LogP contribution in [0.15, 0.2) is 12.7 Å². The predicted molar refractivity (Wildman–Crippen MR) is 43.3 cm³/mol. The second-order valence-corrected chi connectivity index (χ2v) is 3.19. The summed E-state index contributed by atoms with van der Waals surface area (Å²) in [5.41, 5.74) is 4.78. The van der Waals surface area contributed by atoms with Crippen LogP contribution < -0.4 is 5.73 Å². The third kappa shape index (κ3) is 23.0. The molecule has 7 heteroatoms. The maximum absolute atomic E-state index is 9.71. The van der Waals surface area contributed by atoms with E-state index < -0.39 is 16.1 Å². The Hall–Kier alpha value is -0.920. The Labute approximate surface area is 70.4 Å². The van der Waals surface area contributed by atoms with Gasteiger partial charge in [-0.15, -0.1) is 0 Å². The van der Waals surface area contributed by atoms with Gasteiger partial charge in [0.1, 0.15) is 0 Å². The van der Waals surface area contributed by atoms with Crippen LogP contribution in [0, 0.1) is 0 Å². The van der Waals surface area contributed by atoms with E-state index in [1.807, 2.05) is 0 Å². The minimum absolute atomic E-state index is 0.0289. The lowest BCUT2D eigenvalue weighted by Crippen LogP contribution is -2.13. The molecule has 0 amide bonds. The van der Waals surface area contributed by atoms with Crippen LogP contribution in [0.4, 0.5) is 0 Å². The van der Waals surface area contributed by atoms with E-state index in [0.717, 1.165) is 6.08 Å². The summed E-state index contributed by atoms with van der Waals surface area (Å²) < 4.78 is 27.3. The van der Waals surface area contributed by atoms with E-state index in [9.17, 15) is 13.2 Å². The van der Waals surface area contributed by atoms with Crippen molar-refractivity contribution < 1.29 is 22.9 Å². The van der Waals surface area contributed by atoms with E-state index in [2.05, 4.69) is 6.58 Å². The number of nitrogens with two attached hydrogens (primary N) is 1. The first-order valence-corrected chi connectivity index (χ1v) is 4.45. The minimum Gasteiger partial charge on any atom is -0.478 e. The smallest absolute Gasteiger partial charge is 0.327 e. The molecule has 12 heavy (non-hydrogen) atoms. The van der Waals surface area contributed by atoms with Crippen LogP contribution >= 0.6 is 0 Å². The molecule has 4 N–H and O–H groups in total. The van der Waals surface area contributed by atoms with Crippen molar-refractivity contribution in [2.75, 3.05) is 12.3 Å². The first kappa shape index (κ1) is 13.7. The van der Waals surface area contributed by atoms with Crippen LogP contribution in [0.2, 0.25) is 0 Å². The Morgan fingerprint density at radius 1 is 1.58 bits per heavy atom. The van der Waals surface area contributed by atoms with Gasteiger partial charge in [0.05, 0.1) is 5.75 Å². The van der Waals surface area contributed by atoms with Crippen LogP contribution in [0.3, 0.4) is 0 Å². The molecule has 0 saturated heterocycles. The third-order valence-electron chi connectivity index (χ3n) is 0.550. The molecule has 6 nitrogen and oxygen atoms in total. The first-order valence-electron chi connectivity index (χ1n) is 2.84. The maximum Gasteiger partial charge on any atom is 0.327 e. The fraction of sp³-hybridized carbons (Fsp3) is 0.400. The number of carboxylic acid groups (broad SMARTS) is 1. The Balaban J connectivity index is 0. The molecule has 72 valence electrons. The van der Waals surface area contributed by atoms with Gasteiger partial charge in [0.25, 0.3) is 10.1 Å². The first-order chi connectivity index (χ1) is 5.33. The van der Waals surface area contributed by atoms with Crippen LogP contribution in [-0.2, 0) is 14.9 Å². The average molecular weight is 197 g/mol. The molecule has 0 aromatic rings. The van der Waals surface area contributed by atoms with E-state index >= 15 is 0 Å². The zero-order chi connectivity index (χ0) is 10.2. The monoisotopic (exact) mass is 197 g/mol. The van der Waals surface area contributed by atoms with Gasteiger partial charge in [-0.05, 0) is 0 Å². The second kappa shape index (κ2) is 6.77. The van der Waals surface area contributed by atoms with Crippen molar-refractivity contribution in [1.29, 1.82) is 0 Å². The molecular weight excluding hydrogens is 186 g/mol. The zero-order valence-corrected chi connectivity index (χ0v) is 7.12. The lowest BCUT2D eigenvalue weighted by molar-refractivity contribution is -0.131. The molecule has 0 rings (SSSR count). The topological polar surface area (TPSA) is 118 Å². The molecule has 0 atom stereocenters. The lowest BCUT2D eigenvalue weighted by Gasteiger charge is -1.86. The van der Waals surface area contributed by atoms with Gasteiger partial charge in [-0.1, -0.05) is 6.58 Å². The normalized spacial score (nSPS) is 9.50. The molecule has 0 bridgehead atoms. The van der Waals surface area contributed by atoms with Gasteiger partial charge in [0, 0.05) is 12.6 Å². The lowest BCUT2D eigenvalue weighted by atomic mass is 10.7. The van der Waals surface area contributed by atoms with Gasteiger partial charge in [-0.3, -0.25) is 4.55 Å². The van der Waals surface area contributed by atoms with E-state index in [-0.39, 0.29) is 12.3 Å². The highest BCUT2D eigenvalue weighted by Gasteiger charge is 1.98. The number of carbonyl (C=O) groups is 1. The summed E-state index contributed by atoms with van der Waals surface area (Å²) in [6.45, 7) is 2.93. The highest BCUT2D eigenvalue weighted by molar-refractivity contribution is 7.85. The maximum atomic E-state index is 9.71. The van der Waals surface area contributed by atoms with Crippen molar-refractivity contribution in [3.05, 3.63) is 12.7 Å². The van der Waals surface area contributed by atoms with Crippen LogP contribution in [-0.4, -0.2) is 36.3 Å². The Kier molecular flexibility index (Phi) is 7.70. The fourth-order valence-electron chi connectivity index (χ4n) is 0.149. The summed E-state index contributed by atoms with van der Waals surface area (Å²) in [6, 6.07) is 0. The van der Waals surface area contributed by atoms with Crippen molar-refractivity contribution >= 4 is 16.1 Å². The van der Waals surface area contributed by atoms with Gasteiger partial charge in [0.2, 0.25) is 0 Å². The third-order valence-corrected chi connectivity index (χ3v) is 1.30. The molecule has 0 fully saturated rings. The minimum atomic E-state index is -3.80. The summed E-state index contributed by atoms with van der Waals surface area (Å²) in [5.74, 6) is -1.34. The van der Waals surface area contributed by atoms with Crippen LogP contribution in [0.5, 0.6) is 0 Å². The van der Waals surface area contributed by atoms with Gasteiger partial charge < -0.3 is 10.8 Å². The molecule has 0 unspecified atom stereocenters. The molecule has 0 aliphatic heterocycles. The molecule has 0 saturated carbocycles. The molecule has 0 spiro atoms. The molecular formula is C5H11NO5S. The number of hydrogen-bond donors (Lipinski definition) is 3. The zero-order valence-electron chi connectivity index (χ0n) is 6.30. The van der Waals surface area contributed by atoms with Gasteiger partial charge in [0.15, 0.2) is 0 Å². The SMILES string of the molecule is C=CC(=O)O.NCCS(=O)(=O)O. The number of hydrogen-bond acceptors (Lipinski definition) is 4. The molecule has 0 aliphatic rings. The Bertz CT molecular complexity index is 232. The second-order valence-electron chi connectivity index (χ2n) is 1.62. The Morgan fingerprint density at radius 3 is 1.92 bits per heavy atom. The van der Waals surface area contributed by atoms with Crippen LogP contribution in [0.1, 0.15) is 0 Å². The summed E-state index contributed by atoms with van der Waals surface area (Å²) in [7, 11) is -3.80.